The van der Waals surface area contributed by atoms with E-state index in [9.17, 15) is 5.11 Å². The van der Waals surface area contributed by atoms with Gasteiger partial charge in [0.1, 0.15) is 11.5 Å². The number of ether oxygens (including phenoxy) is 1. The molecule has 1 heterocycles. The van der Waals surface area contributed by atoms with Gasteiger partial charge in [-0.15, -0.1) is 5.10 Å². The molecule has 18 heavy (non-hydrogen) atoms. The molecule has 0 fully saturated rings. The molecule has 0 spiro atoms. The van der Waals surface area contributed by atoms with Crippen LogP contribution in [0, 0.1) is 0 Å². The molecule has 96 valence electrons. The molecule has 2 N–H and O–H groups in total. The molecule has 0 aliphatic rings. The van der Waals surface area contributed by atoms with Gasteiger partial charge in [-0.25, -0.2) is 0 Å². The molecule has 6 heteroatoms. The van der Waals surface area contributed by atoms with Crippen LogP contribution in [0.25, 0.3) is 0 Å². The summed E-state index contributed by atoms with van der Waals surface area (Å²) in [5, 5.41) is 20.6. The predicted molar refractivity (Wildman–Crippen MR) is 66.4 cm³/mol. The number of phenols is 1. The molecule has 0 saturated heterocycles. The van der Waals surface area contributed by atoms with Crippen LogP contribution in [0.15, 0.2) is 30.6 Å². The monoisotopic (exact) mass is 248 g/mol. The van der Waals surface area contributed by atoms with Crippen molar-refractivity contribution >= 4 is 0 Å². The molecule has 0 unspecified atom stereocenters. The second kappa shape index (κ2) is 6.02. The highest BCUT2D eigenvalue weighted by atomic mass is 16.5. The number of benzene rings is 1. The maximum Gasteiger partial charge on any atom is 0.123 e. The maximum atomic E-state index is 9.76. The Hall–Kier alpha value is -2.08. The first-order valence-corrected chi connectivity index (χ1v) is 5.70. The van der Waals surface area contributed by atoms with Gasteiger partial charge in [-0.2, -0.15) is 0 Å². The Morgan fingerprint density at radius 2 is 2.33 bits per heavy atom. The first-order chi connectivity index (χ1) is 8.79. The predicted octanol–water partition coefficient (Wildman–Crippen LogP) is 0.782. The highest BCUT2D eigenvalue weighted by Gasteiger charge is 2.02. The van der Waals surface area contributed by atoms with Crippen LogP contribution in [0.1, 0.15) is 5.56 Å². The summed E-state index contributed by atoms with van der Waals surface area (Å²) < 4.78 is 6.78. The van der Waals surface area contributed by atoms with E-state index in [1.54, 1.807) is 24.1 Å². The van der Waals surface area contributed by atoms with Gasteiger partial charge in [0.05, 0.1) is 19.9 Å². The Morgan fingerprint density at radius 3 is 3.00 bits per heavy atom. The van der Waals surface area contributed by atoms with Crippen molar-refractivity contribution in [2.45, 2.75) is 13.1 Å². The van der Waals surface area contributed by atoms with Gasteiger partial charge in [-0.3, -0.25) is 4.68 Å². The van der Waals surface area contributed by atoms with E-state index in [0.29, 0.717) is 12.3 Å². The average molecular weight is 248 g/mol. The quantitative estimate of drug-likeness (QED) is 0.739. The number of rotatable bonds is 6. The number of aromatic hydroxyl groups is 1. The van der Waals surface area contributed by atoms with Crippen molar-refractivity contribution in [2.75, 3.05) is 13.7 Å². The standard InChI is InChI=1S/C12H16N4O2/c1-18-11-3-2-10(12(17)8-11)9-13-4-6-16-7-5-14-15-16/h2-3,5,7-8,13,17H,4,6,9H2,1H3. The molecule has 0 aliphatic heterocycles. The van der Waals surface area contributed by atoms with Crippen LogP contribution in [-0.4, -0.2) is 33.8 Å². The van der Waals surface area contributed by atoms with Gasteiger partial charge in [-0.1, -0.05) is 11.3 Å². The van der Waals surface area contributed by atoms with Crippen LogP contribution in [0.2, 0.25) is 0 Å². The summed E-state index contributed by atoms with van der Waals surface area (Å²) in [5.74, 6) is 0.890. The molecule has 0 saturated carbocycles. The number of phenolic OH excluding ortho intramolecular Hbond substituents is 1. The Balaban J connectivity index is 1.79. The van der Waals surface area contributed by atoms with Crippen molar-refractivity contribution in [3.05, 3.63) is 36.2 Å². The topological polar surface area (TPSA) is 72.2 Å². The fourth-order valence-corrected chi connectivity index (χ4v) is 1.59. The van der Waals surface area contributed by atoms with E-state index in [1.807, 2.05) is 18.3 Å². The van der Waals surface area contributed by atoms with E-state index in [4.69, 9.17) is 4.74 Å². The summed E-state index contributed by atoms with van der Waals surface area (Å²) in [6.07, 6.45) is 3.46. The summed E-state index contributed by atoms with van der Waals surface area (Å²) in [6, 6.07) is 5.28. The smallest absolute Gasteiger partial charge is 0.123 e. The number of aromatic nitrogens is 3. The molecular weight excluding hydrogens is 232 g/mol. The number of nitrogens with one attached hydrogen (secondary N) is 1. The third-order valence-corrected chi connectivity index (χ3v) is 2.60. The highest BCUT2D eigenvalue weighted by molar-refractivity contribution is 5.39. The first kappa shape index (κ1) is 12.4. The van der Waals surface area contributed by atoms with E-state index in [2.05, 4.69) is 15.6 Å². The summed E-state index contributed by atoms with van der Waals surface area (Å²) in [4.78, 5) is 0. The molecule has 0 amide bonds. The largest absolute Gasteiger partial charge is 0.507 e. The van der Waals surface area contributed by atoms with Crippen molar-refractivity contribution in [3.8, 4) is 11.5 Å². The van der Waals surface area contributed by atoms with Crippen molar-refractivity contribution < 1.29 is 9.84 Å². The maximum absolute atomic E-state index is 9.76. The second-order valence-electron chi connectivity index (χ2n) is 3.84. The summed E-state index contributed by atoms with van der Waals surface area (Å²) >= 11 is 0. The Morgan fingerprint density at radius 1 is 1.44 bits per heavy atom. The fourth-order valence-electron chi connectivity index (χ4n) is 1.59. The fraction of sp³-hybridized carbons (Fsp3) is 0.333. The van der Waals surface area contributed by atoms with Crippen LogP contribution in [0.5, 0.6) is 11.5 Å². The van der Waals surface area contributed by atoms with E-state index in [0.717, 1.165) is 18.7 Å². The van der Waals surface area contributed by atoms with E-state index in [-0.39, 0.29) is 5.75 Å². The van der Waals surface area contributed by atoms with Gasteiger partial charge in [0.15, 0.2) is 0 Å². The normalized spacial score (nSPS) is 10.5. The molecule has 1 aromatic carbocycles. The van der Waals surface area contributed by atoms with E-state index >= 15 is 0 Å². The molecule has 2 rings (SSSR count). The second-order valence-corrected chi connectivity index (χ2v) is 3.84. The molecule has 2 aromatic rings. The Labute approximate surface area is 105 Å². The molecule has 0 bridgehead atoms. The van der Waals surface area contributed by atoms with Crippen LogP contribution >= 0.6 is 0 Å². The minimum Gasteiger partial charge on any atom is -0.507 e. The zero-order chi connectivity index (χ0) is 12.8. The van der Waals surface area contributed by atoms with Crippen LogP contribution in [0.3, 0.4) is 0 Å². The van der Waals surface area contributed by atoms with Crippen molar-refractivity contribution in [2.24, 2.45) is 0 Å². The van der Waals surface area contributed by atoms with Gasteiger partial charge in [0, 0.05) is 30.9 Å². The lowest BCUT2D eigenvalue weighted by atomic mass is 10.2. The molecule has 6 nitrogen and oxygen atoms in total. The lowest BCUT2D eigenvalue weighted by Gasteiger charge is -2.08. The van der Waals surface area contributed by atoms with E-state index < -0.39 is 0 Å². The zero-order valence-electron chi connectivity index (χ0n) is 10.2. The zero-order valence-corrected chi connectivity index (χ0v) is 10.2. The first-order valence-electron chi connectivity index (χ1n) is 5.70. The number of hydrogen-bond acceptors (Lipinski definition) is 5. The SMILES string of the molecule is COc1ccc(CNCCn2ccnn2)c(O)c1. The minimum absolute atomic E-state index is 0.239. The number of nitrogens with zero attached hydrogens (tertiary/aromatic N) is 3. The lowest BCUT2D eigenvalue weighted by molar-refractivity contribution is 0.405. The number of methoxy groups -OCH3 is 1. The molecule has 1 aromatic heterocycles. The summed E-state index contributed by atoms with van der Waals surface area (Å²) in [5.41, 5.74) is 0.842. The van der Waals surface area contributed by atoms with Gasteiger partial charge in [0.25, 0.3) is 0 Å². The molecule has 0 atom stereocenters. The van der Waals surface area contributed by atoms with Gasteiger partial charge < -0.3 is 15.2 Å². The lowest BCUT2D eigenvalue weighted by Crippen LogP contribution is -2.19. The molecule has 0 aliphatic carbocycles. The van der Waals surface area contributed by atoms with Crippen molar-refractivity contribution in [1.29, 1.82) is 0 Å². The van der Waals surface area contributed by atoms with Crippen molar-refractivity contribution in [3.63, 3.8) is 0 Å². The highest BCUT2D eigenvalue weighted by Crippen LogP contribution is 2.22. The Kier molecular flexibility index (Phi) is 4.14. The third kappa shape index (κ3) is 3.21. The number of hydrogen-bond donors (Lipinski definition) is 2. The van der Waals surface area contributed by atoms with Gasteiger partial charge in [-0.05, 0) is 6.07 Å². The third-order valence-electron chi connectivity index (χ3n) is 2.60. The van der Waals surface area contributed by atoms with E-state index in [1.165, 1.54) is 0 Å². The van der Waals surface area contributed by atoms with Gasteiger partial charge >= 0.3 is 0 Å². The van der Waals surface area contributed by atoms with Crippen LogP contribution in [0.4, 0.5) is 0 Å². The van der Waals surface area contributed by atoms with Crippen LogP contribution < -0.4 is 10.1 Å². The summed E-state index contributed by atoms with van der Waals surface area (Å²) in [6.45, 7) is 2.11. The average Bonchev–Trinajstić information content (AvgIpc) is 2.89. The van der Waals surface area contributed by atoms with Crippen LogP contribution in [-0.2, 0) is 13.1 Å². The van der Waals surface area contributed by atoms with Gasteiger partial charge in [0.2, 0.25) is 0 Å². The summed E-state index contributed by atoms with van der Waals surface area (Å²) in [7, 11) is 1.57. The molecular formula is C12H16N4O2. The Bertz CT molecular complexity index is 485. The van der Waals surface area contributed by atoms with Crippen molar-refractivity contribution in [1.82, 2.24) is 20.3 Å². The molecule has 0 radical (unpaired) electrons. The minimum atomic E-state index is 0.239.